The Bertz CT molecular complexity index is 1260. The first-order valence-corrected chi connectivity index (χ1v) is 12.3. The molecular weight excluding hydrogens is 470 g/mol. The second kappa shape index (κ2) is 11.6. The summed E-state index contributed by atoms with van der Waals surface area (Å²) in [5.41, 5.74) is 3.72. The van der Waals surface area contributed by atoms with Crippen LogP contribution in [0.25, 0.3) is 0 Å². The number of ether oxygens (including phenoxy) is 2. The number of benzene rings is 3. The first-order valence-electron chi connectivity index (χ1n) is 12.3. The Kier molecular flexibility index (Phi) is 8.08. The molecule has 0 unspecified atom stereocenters. The second-order valence-corrected chi connectivity index (χ2v) is 8.96. The molecule has 37 heavy (non-hydrogen) atoms. The van der Waals surface area contributed by atoms with Crippen LogP contribution in [0.5, 0.6) is 5.75 Å². The first kappa shape index (κ1) is 25.8. The predicted octanol–water partition coefficient (Wildman–Crippen LogP) is 4.84. The van der Waals surface area contributed by atoms with Crippen LogP contribution in [0.2, 0.25) is 0 Å². The van der Waals surface area contributed by atoms with Crippen molar-refractivity contribution >= 4 is 23.6 Å². The number of hydrogen-bond acceptors (Lipinski definition) is 5. The number of amides is 3. The number of anilines is 1. The van der Waals surface area contributed by atoms with E-state index in [-0.39, 0.29) is 18.4 Å². The molecule has 1 aliphatic rings. The fourth-order valence-electron chi connectivity index (χ4n) is 4.18. The lowest BCUT2D eigenvalue weighted by Crippen LogP contribution is -2.46. The van der Waals surface area contributed by atoms with Crippen molar-refractivity contribution in [3.05, 3.63) is 95.1 Å². The van der Waals surface area contributed by atoms with Gasteiger partial charge in [-0.25, -0.2) is 4.79 Å². The highest BCUT2D eigenvalue weighted by Crippen LogP contribution is 2.34. The van der Waals surface area contributed by atoms with E-state index in [9.17, 15) is 14.4 Å². The summed E-state index contributed by atoms with van der Waals surface area (Å²) < 4.78 is 10.9. The van der Waals surface area contributed by atoms with Crippen LogP contribution in [0.3, 0.4) is 0 Å². The lowest BCUT2D eigenvalue weighted by Gasteiger charge is -2.24. The molecule has 4 rings (SSSR count). The van der Waals surface area contributed by atoms with Gasteiger partial charge in [0.25, 0.3) is 5.91 Å². The molecular formula is C29H31N3O5. The van der Waals surface area contributed by atoms with Gasteiger partial charge in [0.2, 0.25) is 5.91 Å². The summed E-state index contributed by atoms with van der Waals surface area (Å²) in [4.78, 5) is 40.2. The van der Waals surface area contributed by atoms with E-state index >= 15 is 0 Å². The number of carbonyl (C=O) groups is 3. The van der Waals surface area contributed by atoms with Crippen molar-refractivity contribution in [3.8, 4) is 5.75 Å². The van der Waals surface area contributed by atoms with Gasteiger partial charge >= 0.3 is 6.09 Å². The fraction of sp³-hybridized carbons (Fsp3) is 0.276. The van der Waals surface area contributed by atoms with E-state index in [1.807, 2.05) is 38.1 Å². The quantitative estimate of drug-likeness (QED) is 0.437. The van der Waals surface area contributed by atoms with Crippen LogP contribution >= 0.6 is 0 Å². The summed E-state index contributed by atoms with van der Waals surface area (Å²) in [5, 5.41) is 5.76. The van der Waals surface area contributed by atoms with Crippen molar-refractivity contribution in [2.24, 2.45) is 0 Å². The Morgan fingerprint density at radius 1 is 1.03 bits per heavy atom. The summed E-state index contributed by atoms with van der Waals surface area (Å²) in [6, 6.07) is 20.8. The third kappa shape index (κ3) is 6.09. The molecule has 0 saturated carbocycles. The van der Waals surface area contributed by atoms with Gasteiger partial charge in [0.15, 0.2) is 12.1 Å². The fourth-order valence-corrected chi connectivity index (χ4v) is 4.18. The van der Waals surface area contributed by atoms with E-state index in [1.54, 1.807) is 55.6 Å². The molecule has 0 spiro atoms. The van der Waals surface area contributed by atoms with Gasteiger partial charge < -0.3 is 20.1 Å². The molecule has 3 amide bonds. The van der Waals surface area contributed by atoms with Crippen LogP contribution in [0.1, 0.15) is 46.5 Å². The number of nitrogens with one attached hydrogen (secondary N) is 2. The van der Waals surface area contributed by atoms with Crippen molar-refractivity contribution in [1.82, 2.24) is 10.2 Å². The van der Waals surface area contributed by atoms with Crippen molar-refractivity contribution in [3.63, 3.8) is 0 Å². The third-order valence-corrected chi connectivity index (χ3v) is 6.21. The van der Waals surface area contributed by atoms with E-state index in [0.717, 1.165) is 17.5 Å². The first-order chi connectivity index (χ1) is 17.9. The third-order valence-electron chi connectivity index (χ3n) is 6.21. The maximum atomic E-state index is 13.2. The molecule has 0 aromatic heterocycles. The topological polar surface area (TPSA) is 97.0 Å². The zero-order chi connectivity index (χ0) is 26.4. The van der Waals surface area contributed by atoms with Crippen molar-refractivity contribution < 1.29 is 23.9 Å². The number of methoxy groups -OCH3 is 1. The number of aryl methyl sites for hydroxylation is 1. The molecule has 0 radical (unpaired) electrons. The lowest BCUT2D eigenvalue weighted by atomic mass is 10.00. The minimum atomic E-state index is -0.822. The molecule has 1 fully saturated rings. The maximum absolute atomic E-state index is 13.2. The number of cyclic esters (lactones) is 1. The van der Waals surface area contributed by atoms with Crippen molar-refractivity contribution in [2.45, 2.75) is 39.0 Å². The molecule has 0 aliphatic carbocycles. The largest absolute Gasteiger partial charge is 0.497 e. The predicted molar refractivity (Wildman–Crippen MR) is 140 cm³/mol. The highest BCUT2D eigenvalue weighted by Gasteiger charge is 2.46. The van der Waals surface area contributed by atoms with Crippen LogP contribution < -0.4 is 15.4 Å². The van der Waals surface area contributed by atoms with E-state index in [0.29, 0.717) is 29.1 Å². The Morgan fingerprint density at radius 3 is 2.43 bits per heavy atom. The van der Waals surface area contributed by atoms with Gasteiger partial charge in [-0.3, -0.25) is 14.5 Å². The van der Waals surface area contributed by atoms with Crippen LogP contribution in [0.4, 0.5) is 10.5 Å². The van der Waals surface area contributed by atoms with Gasteiger partial charge in [0.1, 0.15) is 5.75 Å². The van der Waals surface area contributed by atoms with Gasteiger partial charge in [0.05, 0.1) is 13.7 Å². The van der Waals surface area contributed by atoms with Crippen LogP contribution in [-0.2, 0) is 16.1 Å². The molecule has 2 atom stereocenters. The molecule has 1 saturated heterocycles. The average Bonchev–Trinajstić information content (AvgIpc) is 3.24. The molecule has 2 N–H and O–H groups in total. The van der Waals surface area contributed by atoms with Gasteiger partial charge in [-0.1, -0.05) is 55.0 Å². The number of hydrogen-bond donors (Lipinski definition) is 2. The SMILES string of the molecule is CCCNC(=O)[C@@H]1[C@@H](c2ccc(NC(=O)c3cccc(OC)c3)cc2)OC(=O)N1Cc1ccc(C)cc1. The summed E-state index contributed by atoms with van der Waals surface area (Å²) in [7, 11) is 1.54. The zero-order valence-corrected chi connectivity index (χ0v) is 21.2. The van der Waals surface area contributed by atoms with Crippen molar-refractivity contribution in [2.75, 3.05) is 19.0 Å². The second-order valence-electron chi connectivity index (χ2n) is 8.96. The Hall–Kier alpha value is -4.33. The van der Waals surface area contributed by atoms with Crippen LogP contribution in [0, 0.1) is 6.92 Å². The minimum absolute atomic E-state index is 0.258. The van der Waals surface area contributed by atoms with Gasteiger partial charge in [-0.2, -0.15) is 0 Å². The molecule has 0 bridgehead atoms. The monoisotopic (exact) mass is 501 g/mol. The van der Waals surface area contributed by atoms with Crippen LogP contribution in [-0.4, -0.2) is 42.5 Å². The molecule has 3 aromatic rings. The summed E-state index contributed by atoms with van der Waals surface area (Å²) in [6.07, 6.45) is -0.548. The molecule has 3 aromatic carbocycles. The Labute approximate surface area is 216 Å². The summed E-state index contributed by atoms with van der Waals surface area (Å²) in [6.45, 7) is 4.72. The molecule has 8 nitrogen and oxygen atoms in total. The molecule has 1 heterocycles. The highest BCUT2D eigenvalue weighted by atomic mass is 16.6. The lowest BCUT2D eigenvalue weighted by molar-refractivity contribution is -0.126. The summed E-state index contributed by atoms with van der Waals surface area (Å²) in [5.74, 6) is 0.0499. The summed E-state index contributed by atoms with van der Waals surface area (Å²) >= 11 is 0. The van der Waals surface area contributed by atoms with Gasteiger partial charge in [0, 0.05) is 17.8 Å². The standard InChI is InChI=1S/C29H31N3O5/c1-4-16-30-28(34)25-26(37-29(35)32(25)18-20-10-8-19(2)9-11-20)21-12-14-23(15-13-21)31-27(33)22-6-5-7-24(17-22)36-3/h5-15,17,25-26H,4,16,18H2,1-3H3,(H,30,34)(H,31,33)/t25-,26+/m0/s1. The molecule has 8 heteroatoms. The number of rotatable bonds is 9. The molecule has 192 valence electrons. The zero-order valence-electron chi connectivity index (χ0n) is 21.2. The van der Waals surface area contributed by atoms with E-state index in [2.05, 4.69) is 10.6 Å². The van der Waals surface area contributed by atoms with Crippen LogP contribution in [0.15, 0.2) is 72.8 Å². The van der Waals surface area contributed by atoms with E-state index in [4.69, 9.17) is 9.47 Å². The Balaban J connectivity index is 1.53. The number of carbonyl (C=O) groups excluding carboxylic acids is 3. The average molecular weight is 502 g/mol. The number of nitrogens with zero attached hydrogens (tertiary/aromatic N) is 1. The Morgan fingerprint density at radius 2 is 1.76 bits per heavy atom. The van der Waals surface area contributed by atoms with Gasteiger partial charge in [-0.05, 0) is 54.8 Å². The van der Waals surface area contributed by atoms with Gasteiger partial charge in [-0.15, -0.1) is 0 Å². The highest BCUT2D eigenvalue weighted by molar-refractivity contribution is 6.04. The molecule has 1 aliphatic heterocycles. The van der Waals surface area contributed by atoms with Crippen molar-refractivity contribution in [1.29, 1.82) is 0 Å². The smallest absolute Gasteiger partial charge is 0.411 e. The normalized spacial score (nSPS) is 16.7. The maximum Gasteiger partial charge on any atom is 0.411 e. The van der Waals surface area contributed by atoms with E-state index in [1.165, 1.54) is 4.90 Å². The minimum Gasteiger partial charge on any atom is -0.497 e. The van der Waals surface area contributed by atoms with E-state index < -0.39 is 18.2 Å².